The number of halogens is 1. The van der Waals surface area contributed by atoms with E-state index in [1.807, 2.05) is 0 Å². The van der Waals surface area contributed by atoms with Gasteiger partial charge in [-0.25, -0.2) is 9.97 Å². The highest BCUT2D eigenvalue weighted by Gasteiger charge is 2.04. The van der Waals surface area contributed by atoms with Crippen LogP contribution in [-0.2, 0) is 4.74 Å². The van der Waals surface area contributed by atoms with Gasteiger partial charge in [0.25, 0.3) is 0 Å². The number of nitrogens with one attached hydrogen (secondary N) is 1. The molecule has 0 aliphatic rings. The van der Waals surface area contributed by atoms with Gasteiger partial charge in [-0.05, 0) is 6.92 Å². The molecule has 0 saturated heterocycles. The minimum Gasteiger partial charge on any atom is -0.389 e. The van der Waals surface area contributed by atoms with Gasteiger partial charge >= 0.3 is 0 Å². The van der Waals surface area contributed by atoms with E-state index in [-0.39, 0.29) is 6.61 Å². The zero-order chi connectivity index (χ0) is 11.3. The number of ether oxygens (including phenoxy) is 1. The van der Waals surface area contributed by atoms with Crippen molar-refractivity contribution in [1.29, 1.82) is 0 Å². The van der Waals surface area contributed by atoms with Crippen LogP contribution < -0.4 is 5.32 Å². The molecule has 6 heteroatoms. The third-order valence-corrected chi connectivity index (χ3v) is 1.88. The van der Waals surface area contributed by atoms with Crippen LogP contribution in [0.4, 0.5) is 5.82 Å². The van der Waals surface area contributed by atoms with Crippen molar-refractivity contribution in [3.05, 3.63) is 17.0 Å². The number of aliphatic hydroxyl groups excluding tert-OH is 1. The van der Waals surface area contributed by atoms with Gasteiger partial charge in [-0.3, -0.25) is 0 Å². The molecule has 1 rings (SSSR count). The predicted octanol–water partition coefficient (Wildman–Crippen LogP) is 0.858. The molecule has 1 heterocycles. The van der Waals surface area contributed by atoms with Crippen LogP contribution in [0.5, 0.6) is 0 Å². The number of nitrogens with zero attached hydrogens (tertiary/aromatic N) is 2. The Morgan fingerprint density at radius 1 is 1.60 bits per heavy atom. The summed E-state index contributed by atoms with van der Waals surface area (Å²) in [7, 11) is 1.54. The van der Waals surface area contributed by atoms with Crippen molar-refractivity contribution in [3.8, 4) is 0 Å². The summed E-state index contributed by atoms with van der Waals surface area (Å²) in [4.78, 5) is 8.03. The van der Waals surface area contributed by atoms with E-state index in [4.69, 9.17) is 16.3 Å². The van der Waals surface area contributed by atoms with Crippen molar-refractivity contribution in [3.63, 3.8) is 0 Å². The Balaban J connectivity index is 2.50. The van der Waals surface area contributed by atoms with Crippen molar-refractivity contribution >= 4 is 17.4 Å². The van der Waals surface area contributed by atoms with E-state index in [0.717, 1.165) is 0 Å². The van der Waals surface area contributed by atoms with Crippen molar-refractivity contribution in [2.24, 2.45) is 0 Å². The largest absolute Gasteiger partial charge is 0.389 e. The van der Waals surface area contributed by atoms with Crippen LogP contribution in [0.25, 0.3) is 0 Å². The number of aliphatic hydroxyl groups is 1. The van der Waals surface area contributed by atoms with E-state index < -0.39 is 6.10 Å². The molecule has 0 amide bonds. The summed E-state index contributed by atoms with van der Waals surface area (Å²) in [6.07, 6.45) is -0.566. The molecular weight excluding hydrogens is 218 g/mol. The minimum absolute atomic E-state index is 0.283. The molecule has 0 radical (unpaired) electrons. The average Bonchev–Trinajstić information content (AvgIpc) is 2.14. The van der Waals surface area contributed by atoms with Crippen LogP contribution in [0.3, 0.4) is 0 Å². The van der Waals surface area contributed by atoms with Gasteiger partial charge in [-0.1, -0.05) is 11.6 Å². The summed E-state index contributed by atoms with van der Waals surface area (Å²) in [5.74, 6) is 1.19. The first-order chi connectivity index (χ1) is 7.11. The number of hydrogen-bond acceptors (Lipinski definition) is 5. The SMILES string of the molecule is COCC(O)CNc1cc(Cl)nc(C)n1. The number of rotatable bonds is 5. The first kappa shape index (κ1) is 12.2. The zero-order valence-corrected chi connectivity index (χ0v) is 9.45. The lowest BCUT2D eigenvalue weighted by Gasteiger charge is -2.11. The maximum atomic E-state index is 9.39. The zero-order valence-electron chi connectivity index (χ0n) is 8.70. The number of methoxy groups -OCH3 is 1. The molecule has 15 heavy (non-hydrogen) atoms. The lowest BCUT2D eigenvalue weighted by atomic mass is 10.4. The van der Waals surface area contributed by atoms with Crippen molar-refractivity contribution in [2.45, 2.75) is 13.0 Å². The van der Waals surface area contributed by atoms with Crippen LogP contribution >= 0.6 is 11.6 Å². The van der Waals surface area contributed by atoms with Gasteiger partial charge in [0.2, 0.25) is 0 Å². The Labute approximate surface area is 93.5 Å². The molecule has 0 fully saturated rings. The van der Waals surface area contributed by atoms with Crippen LogP contribution in [0.1, 0.15) is 5.82 Å². The summed E-state index contributed by atoms with van der Waals surface area (Å²) in [6.45, 7) is 2.40. The average molecular weight is 232 g/mol. The Hall–Kier alpha value is -0.910. The van der Waals surface area contributed by atoms with Crippen molar-refractivity contribution in [2.75, 3.05) is 25.6 Å². The van der Waals surface area contributed by atoms with Gasteiger partial charge in [0, 0.05) is 19.7 Å². The molecule has 0 bridgehead atoms. The summed E-state index contributed by atoms with van der Waals surface area (Å²) in [6, 6.07) is 1.61. The van der Waals surface area contributed by atoms with Gasteiger partial charge in [0.15, 0.2) is 0 Å². The fraction of sp³-hybridized carbons (Fsp3) is 0.556. The molecule has 1 atom stereocenters. The number of aryl methyl sites for hydroxylation is 1. The van der Waals surface area contributed by atoms with Crippen LogP contribution in [0, 0.1) is 6.92 Å². The lowest BCUT2D eigenvalue weighted by molar-refractivity contribution is 0.0727. The second-order valence-corrected chi connectivity index (χ2v) is 3.50. The molecule has 0 spiro atoms. The smallest absolute Gasteiger partial charge is 0.134 e. The summed E-state index contributed by atoms with van der Waals surface area (Å²) in [5, 5.41) is 12.7. The molecule has 2 N–H and O–H groups in total. The topological polar surface area (TPSA) is 67.3 Å². The van der Waals surface area contributed by atoms with E-state index in [1.54, 1.807) is 13.0 Å². The first-order valence-electron chi connectivity index (χ1n) is 4.54. The number of hydrogen-bond donors (Lipinski definition) is 2. The second kappa shape index (κ2) is 5.85. The van der Waals surface area contributed by atoms with E-state index in [0.29, 0.717) is 23.3 Å². The lowest BCUT2D eigenvalue weighted by Crippen LogP contribution is -2.24. The first-order valence-corrected chi connectivity index (χ1v) is 4.91. The molecular formula is C9H14ClN3O2. The minimum atomic E-state index is -0.566. The standard InChI is InChI=1S/C9H14ClN3O2/c1-6-12-8(10)3-9(13-6)11-4-7(14)5-15-2/h3,7,14H,4-5H2,1-2H3,(H,11,12,13). The molecule has 0 saturated carbocycles. The predicted molar refractivity (Wildman–Crippen MR) is 58.2 cm³/mol. The van der Waals surface area contributed by atoms with E-state index >= 15 is 0 Å². The second-order valence-electron chi connectivity index (χ2n) is 3.11. The maximum absolute atomic E-state index is 9.39. The molecule has 0 aliphatic heterocycles. The van der Waals surface area contributed by atoms with Crippen LogP contribution in [0.2, 0.25) is 5.15 Å². The molecule has 1 aromatic rings. The van der Waals surface area contributed by atoms with Crippen molar-refractivity contribution in [1.82, 2.24) is 9.97 Å². The highest BCUT2D eigenvalue weighted by atomic mass is 35.5. The van der Waals surface area contributed by atoms with Gasteiger partial charge in [-0.15, -0.1) is 0 Å². The molecule has 0 aromatic carbocycles. The molecule has 84 valence electrons. The Morgan fingerprint density at radius 3 is 2.93 bits per heavy atom. The normalized spacial score (nSPS) is 12.5. The van der Waals surface area contributed by atoms with E-state index in [9.17, 15) is 5.11 Å². The van der Waals surface area contributed by atoms with E-state index in [1.165, 1.54) is 7.11 Å². The molecule has 1 unspecified atom stereocenters. The molecule has 5 nitrogen and oxygen atoms in total. The third kappa shape index (κ3) is 4.42. The summed E-state index contributed by atoms with van der Waals surface area (Å²) >= 11 is 5.75. The quantitative estimate of drug-likeness (QED) is 0.736. The third-order valence-electron chi connectivity index (χ3n) is 1.68. The highest BCUT2D eigenvalue weighted by Crippen LogP contribution is 2.10. The van der Waals surface area contributed by atoms with Crippen LogP contribution in [0.15, 0.2) is 6.07 Å². The van der Waals surface area contributed by atoms with Gasteiger partial charge in [-0.2, -0.15) is 0 Å². The summed E-state index contributed by atoms with van der Waals surface area (Å²) < 4.78 is 4.79. The van der Waals surface area contributed by atoms with Gasteiger partial charge in [0.1, 0.15) is 16.8 Å². The van der Waals surface area contributed by atoms with Crippen molar-refractivity contribution < 1.29 is 9.84 Å². The van der Waals surface area contributed by atoms with E-state index in [2.05, 4.69) is 15.3 Å². The monoisotopic (exact) mass is 231 g/mol. The van der Waals surface area contributed by atoms with Gasteiger partial charge in [0.05, 0.1) is 12.7 Å². The molecule has 0 aliphatic carbocycles. The fourth-order valence-corrected chi connectivity index (χ4v) is 1.32. The number of aromatic nitrogens is 2. The van der Waals surface area contributed by atoms with Crippen LogP contribution in [-0.4, -0.2) is 41.4 Å². The highest BCUT2D eigenvalue weighted by molar-refractivity contribution is 6.29. The Bertz CT molecular complexity index is 302. The number of anilines is 1. The fourth-order valence-electron chi connectivity index (χ4n) is 1.10. The van der Waals surface area contributed by atoms with Gasteiger partial charge < -0.3 is 15.2 Å². The Morgan fingerprint density at radius 2 is 2.33 bits per heavy atom. The Kier molecular flexibility index (Phi) is 4.74. The summed E-state index contributed by atoms with van der Waals surface area (Å²) in [5.41, 5.74) is 0. The maximum Gasteiger partial charge on any atom is 0.134 e. The molecule has 1 aromatic heterocycles.